The van der Waals surface area contributed by atoms with Gasteiger partial charge in [0.2, 0.25) is 0 Å². The largest absolute Gasteiger partial charge is 0.396 e. The topological polar surface area (TPSA) is 40.5 Å². The Morgan fingerprint density at radius 1 is 1.36 bits per heavy atom. The van der Waals surface area contributed by atoms with E-state index >= 15 is 0 Å². The van der Waals surface area contributed by atoms with Crippen LogP contribution in [-0.4, -0.2) is 23.4 Å². The van der Waals surface area contributed by atoms with Crippen molar-refractivity contribution in [2.45, 2.75) is 26.7 Å². The van der Waals surface area contributed by atoms with Gasteiger partial charge < -0.3 is 10.2 Å². The van der Waals surface area contributed by atoms with Gasteiger partial charge in [0.25, 0.3) is 0 Å². The highest BCUT2D eigenvalue weighted by atomic mass is 16.3. The second-order valence-electron chi connectivity index (χ2n) is 4.72. The monoisotopic (exact) mass is 198 g/mol. The molecule has 0 saturated heterocycles. The Labute approximate surface area is 86.6 Å². The average molecular weight is 198 g/mol. The van der Waals surface area contributed by atoms with E-state index in [9.17, 15) is 10.2 Å². The molecule has 82 valence electrons. The molecule has 1 rings (SSSR count). The van der Waals surface area contributed by atoms with Crippen molar-refractivity contribution in [2.75, 3.05) is 13.2 Å². The molecule has 0 radical (unpaired) electrons. The summed E-state index contributed by atoms with van der Waals surface area (Å²) in [6.07, 6.45) is 2.31. The molecule has 0 aromatic rings. The normalized spacial score (nSPS) is 32.5. The van der Waals surface area contributed by atoms with Crippen LogP contribution in [0.2, 0.25) is 0 Å². The van der Waals surface area contributed by atoms with Crippen LogP contribution in [0.25, 0.3) is 0 Å². The Morgan fingerprint density at radius 2 is 1.93 bits per heavy atom. The molecule has 0 spiro atoms. The van der Waals surface area contributed by atoms with Crippen molar-refractivity contribution in [3.05, 3.63) is 12.2 Å². The first kappa shape index (κ1) is 11.7. The Hall–Kier alpha value is -0.340. The van der Waals surface area contributed by atoms with E-state index in [1.54, 1.807) is 0 Å². The number of aliphatic hydroxyl groups is 2. The minimum absolute atomic E-state index is 0.0432. The Kier molecular flexibility index (Phi) is 4.14. The lowest BCUT2D eigenvalue weighted by molar-refractivity contribution is 0.0917. The van der Waals surface area contributed by atoms with Crippen LogP contribution in [0.15, 0.2) is 12.2 Å². The zero-order valence-corrected chi connectivity index (χ0v) is 9.24. The van der Waals surface area contributed by atoms with E-state index in [0.29, 0.717) is 17.8 Å². The van der Waals surface area contributed by atoms with Gasteiger partial charge in [-0.05, 0) is 37.5 Å². The molecule has 0 amide bonds. The van der Waals surface area contributed by atoms with E-state index in [0.717, 1.165) is 6.42 Å². The van der Waals surface area contributed by atoms with Crippen molar-refractivity contribution in [1.29, 1.82) is 0 Å². The summed E-state index contributed by atoms with van der Waals surface area (Å²) < 4.78 is 0. The zero-order valence-electron chi connectivity index (χ0n) is 9.24. The second kappa shape index (κ2) is 4.94. The molecule has 0 aromatic carbocycles. The summed E-state index contributed by atoms with van der Waals surface area (Å²) in [5.41, 5.74) is 1.20. The fourth-order valence-electron chi connectivity index (χ4n) is 2.95. The van der Waals surface area contributed by atoms with Gasteiger partial charge in [-0.2, -0.15) is 0 Å². The standard InChI is InChI=1S/C12H22O2/c1-8(2)12-9(3)4-5-11(12)10(6-13)7-14/h9-14H,1,4-7H2,2-3H3/t9-,11-,12+/m0/s1. The molecule has 2 nitrogen and oxygen atoms in total. The molecule has 1 aliphatic carbocycles. The highest BCUT2D eigenvalue weighted by Crippen LogP contribution is 2.44. The van der Waals surface area contributed by atoms with Crippen molar-refractivity contribution in [3.63, 3.8) is 0 Å². The summed E-state index contributed by atoms with van der Waals surface area (Å²) in [4.78, 5) is 0. The minimum Gasteiger partial charge on any atom is -0.396 e. The van der Waals surface area contributed by atoms with Crippen molar-refractivity contribution >= 4 is 0 Å². The quantitative estimate of drug-likeness (QED) is 0.677. The zero-order chi connectivity index (χ0) is 10.7. The minimum atomic E-state index is 0.0432. The Balaban J connectivity index is 2.72. The molecule has 0 aromatic heterocycles. The van der Waals surface area contributed by atoms with Gasteiger partial charge in [0.15, 0.2) is 0 Å². The Morgan fingerprint density at radius 3 is 2.36 bits per heavy atom. The number of aliphatic hydroxyl groups excluding tert-OH is 2. The van der Waals surface area contributed by atoms with Crippen LogP contribution in [0.5, 0.6) is 0 Å². The van der Waals surface area contributed by atoms with Gasteiger partial charge in [-0.25, -0.2) is 0 Å². The van der Waals surface area contributed by atoms with Crippen molar-refractivity contribution in [2.24, 2.45) is 23.7 Å². The Bertz CT molecular complexity index is 196. The maximum absolute atomic E-state index is 9.18. The molecule has 1 aliphatic rings. The predicted octanol–water partition coefficient (Wildman–Crippen LogP) is 1.83. The van der Waals surface area contributed by atoms with Gasteiger partial charge in [0.1, 0.15) is 0 Å². The van der Waals surface area contributed by atoms with E-state index in [1.165, 1.54) is 12.0 Å². The fraction of sp³-hybridized carbons (Fsp3) is 0.833. The van der Waals surface area contributed by atoms with Crippen LogP contribution in [0.3, 0.4) is 0 Å². The second-order valence-corrected chi connectivity index (χ2v) is 4.72. The lowest BCUT2D eigenvalue weighted by atomic mass is 9.78. The summed E-state index contributed by atoms with van der Waals surface area (Å²) in [5.74, 6) is 1.61. The fourth-order valence-corrected chi connectivity index (χ4v) is 2.95. The summed E-state index contributed by atoms with van der Waals surface area (Å²) >= 11 is 0. The first-order valence-electron chi connectivity index (χ1n) is 5.49. The van der Waals surface area contributed by atoms with Crippen molar-refractivity contribution in [3.8, 4) is 0 Å². The van der Waals surface area contributed by atoms with Crippen LogP contribution < -0.4 is 0 Å². The third kappa shape index (κ3) is 2.18. The maximum atomic E-state index is 9.18. The average Bonchev–Trinajstić information content (AvgIpc) is 2.50. The van der Waals surface area contributed by atoms with Gasteiger partial charge in [-0.1, -0.05) is 19.1 Å². The summed E-state index contributed by atoms with van der Waals surface area (Å²) in [7, 11) is 0. The van der Waals surface area contributed by atoms with Crippen LogP contribution in [0, 0.1) is 23.7 Å². The molecular formula is C12H22O2. The molecule has 2 heteroatoms. The smallest absolute Gasteiger partial charge is 0.0484 e. The van der Waals surface area contributed by atoms with E-state index in [-0.39, 0.29) is 19.1 Å². The van der Waals surface area contributed by atoms with E-state index < -0.39 is 0 Å². The molecular weight excluding hydrogens is 176 g/mol. The molecule has 3 atom stereocenters. The lowest BCUT2D eigenvalue weighted by Crippen LogP contribution is -2.27. The number of allylic oxidation sites excluding steroid dienone is 1. The highest BCUT2D eigenvalue weighted by molar-refractivity contribution is 5.05. The summed E-state index contributed by atoms with van der Waals surface area (Å²) in [6, 6.07) is 0. The van der Waals surface area contributed by atoms with E-state index in [1.807, 2.05) is 0 Å². The van der Waals surface area contributed by atoms with Crippen molar-refractivity contribution in [1.82, 2.24) is 0 Å². The SMILES string of the molecule is C=C(C)[C@@H]1[C@@H](C)CC[C@H]1C(CO)CO. The first-order valence-corrected chi connectivity index (χ1v) is 5.49. The predicted molar refractivity (Wildman–Crippen MR) is 57.9 cm³/mol. The molecule has 1 fully saturated rings. The van der Waals surface area contributed by atoms with Crippen LogP contribution in [0.4, 0.5) is 0 Å². The summed E-state index contributed by atoms with van der Waals surface area (Å²) in [5, 5.41) is 18.4. The van der Waals surface area contributed by atoms with Crippen LogP contribution in [0.1, 0.15) is 26.7 Å². The lowest BCUT2D eigenvalue weighted by Gasteiger charge is -2.28. The third-order valence-corrected chi connectivity index (χ3v) is 3.67. The molecule has 0 aliphatic heterocycles. The van der Waals surface area contributed by atoms with Gasteiger partial charge in [0.05, 0.1) is 0 Å². The van der Waals surface area contributed by atoms with Gasteiger partial charge in [0, 0.05) is 19.1 Å². The maximum Gasteiger partial charge on any atom is 0.0484 e. The number of hydrogen-bond donors (Lipinski definition) is 2. The van der Waals surface area contributed by atoms with Crippen LogP contribution >= 0.6 is 0 Å². The molecule has 2 N–H and O–H groups in total. The molecule has 0 bridgehead atoms. The van der Waals surface area contributed by atoms with Crippen molar-refractivity contribution < 1.29 is 10.2 Å². The van der Waals surface area contributed by atoms with E-state index in [4.69, 9.17) is 0 Å². The van der Waals surface area contributed by atoms with Gasteiger partial charge in [-0.15, -0.1) is 0 Å². The first-order chi connectivity index (χ1) is 6.61. The third-order valence-electron chi connectivity index (χ3n) is 3.67. The molecule has 1 saturated carbocycles. The van der Waals surface area contributed by atoms with E-state index in [2.05, 4.69) is 20.4 Å². The molecule has 0 heterocycles. The number of rotatable bonds is 4. The van der Waals surface area contributed by atoms with Crippen LogP contribution in [-0.2, 0) is 0 Å². The summed E-state index contributed by atoms with van der Waals surface area (Å²) in [6.45, 7) is 8.52. The van der Waals surface area contributed by atoms with Gasteiger partial charge in [-0.3, -0.25) is 0 Å². The highest BCUT2D eigenvalue weighted by Gasteiger charge is 2.37. The van der Waals surface area contributed by atoms with Gasteiger partial charge >= 0.3 is 0 Å². The molecule has 0 unspecified atom stereocenters. The molecule has 14 heavy (non-hydrogen) atoms. The number of hydrogen-bond acceptors (Lipinski definition) is 2.